The van der Waals surface area contributed by atoms with Gasteiger partial charge in [0.2, 0.25) is 0 Å². The minimum atomic E-state index is -0.0130. The van der Waals surface area contributed by atoms with Gasteiger partial charge in [0.1, 0.15) is 5.75 Å². The fourth-order valence-electron chi connectivity index (χ4n) is 1.62. The summed E-state index contributed by atoms with van der Waals surface area (Å²) in [4.78, 5) is 12.3. The molecule has 2 rings (SSSR count). The number of rotatable bonds is 3. The van der Waals surface area contributed by atoms with Crippen LogP contribution in [0.25, 0.3) is 0 Å². The van der Waals surface area contributed by atoms with E-state index in [-0.39, 0.29) is 5.78 Å². The van der Waals surface area contributed by atoms with Gasteiger partial charge in [0.25, 0.3) is 0 Å². The molecule has 0 aliphatic carbocycles. The quantitative estimate of drug-likeness (QED) is 0.632. The lowest BCUT2D eigenvalue weighted by Crippen LogP contribution is -2.03. The number of hydrogen-bond acceptors (Lipinski definition) is 2. The highest BCUT2D eigenvalue weighted by atomic mass is 127. The number of hydrogen-bond donors (Lipinski definition) is 0. The van der Waals surface area contributed by atoms with Crippen LogP contribution in [0.15, 0.2) is 48.5 Å². The summed E-state index contributed by atoms with van der Waals surface area (Å²) in [5.74, 6) is 0.595. The van der Waals surface area contributed by atoms with Gasteiger partial charge in [-0.05, 0) is 46.9 Å². The Labute approximate surface area is 114 Å². The first-order chi connectivity index (χ1) is 8.22. The van der Waals surface area contributed by atoms with Crippen molar-refractivity contribution in [1.29, 1.82) is 0 Å². The normalized spacial score (nSPS) is 10.0. The van der Waals surface area contributed by atoms with E-state index >= 15 is 0 Å². The zero-order chi connectivity index (χ0) is 12.3. The minimum absolute atomic E-state index is 0.0130. The van der Waals surface area contributed by atoms with Crippen LogP contribution in [0, 0.1) is 3.57 Å². The maximum absolute atomic E-state index is 12.3. The van der Waals surface area contributed by atoms with Crippen LogP contribution in [-0.2, 0) is 0 Å². The fourth-order valence-corrected chi connectivity index (χ4v) is 2.16. The molecule has 0 saturated carbocycles. The van der Waals surface area contributed by atoms with Crippen molar-refractivity contribution in [1.82, 2.24) is 0 Å². The van der Waals surface area contributed by atoms with Gasteiger partial charge in [-0.3, -0.25) is 4.79 Å². The summed E-state index contributed by atoms with van der Waals surface area (Å²) in [6, 6.07) is 14.8. The van der Waals surface area contributed by atoms with Crippen LogP contribution in [0.1, 0.15) is 15.9 Å². The first-order valence-electron chi connectivity index (χ1n) is 5.15. The monoisotopic (exact) mass is 338 g/mol. The second kappa shape index (κ2) is 5.31. The molecule has 0 aliphatic heterocycles. The van der Waals surface area contributed by atoms with Crippen molar-refractivity contribution in [2.24, 2.45) is 0 Å². The Hall–Kier alpha value is -1.36. The summed E-state index contributed by atoms with van der Waals surface area (Å²) in [7, 11) is 1.57. The van der Waals surface area contributed by atoms with Gasteiger partial charge in [-0.15, -0.1) is 0 Å². The molecule has 0 atom stereocenters. The predicted molar refractivity (Wildman–Crippen MR) is 75.6 cm³/mol. The molecule has 0 fully saturated rings. The molecule has 86 valence electrons. The lowest BCUT2D eigenvalue weighted by atomic mass is 10.0. The van der Waals surface area contributed by atoms with E-state index in [1.807, 2.05) is 36.4 Å². The molecular formula is C14H11IO2. The summed E-state index contributed by atoms with van der Waals surface area (Å²) < 4.78 is 6.24. The molecule has 17 heavy (non-hydrogen) atoms. The van der Waals surface area contributed by atoms with Crippen molar-refractivity contribution >= 4 is 28.4 Å². The molecule has 0 spiro atoms. The Morgan fingerprint density at radius 1 is 1.12 bits per heavy atom. The largest absolute Gasteiger partial charge is 0.496 e. The second-order valence-electron chi connectivity index (χ2n) is 3.54. The van der Waals surface area contributed by atoms with Gasteiger partial charge in [-0.2, -0.15) is 0 Å². The first-order valence-corrected chi connectivity index (χ1v) is 6.23. The molecule has 2 aromatic carbocycles. The van der Waals surface area contributed by atoms with E-state index in [0.717, 1.165) is 3.57 Å². The first kappa shape index (κ1) is 12.1. The highest BCUT2D eigenvalue weighted by molar-refractivity contribution is 14.1. The Morgan fingerprint density at radius 3 is 2.59 bits per heavy atom. The molecular weight excluding hydrogens is 327 g/mol. The van der Waals surface area contributed by atoms with Crippen molar-refractivity contribution < 1.29 is 9.53 Å². The Bertz CT molecular complexity index is 549. The van der Waals surface area contributed by atoms with Gasteiger partial charge in [0.15, 0.2) is 5.78 Å². The molecule has 0 saturated heterocycles. The van der Waals surface area contributed by atoms with Crippen LogP contribution < -0.4 is 4.74 Å². The molecule has 0 bridgehead atoms. The van der Waals surface area contributed by atoms with Gasteiger partial charge in [-0.1, -0.05) is 24.3 Å². The number of ether oxygens (including phenoxy) is 1. The number of carbonyl (C=O) groups excluding carboxylic acids is 1. The summed E-state index contributed by atoms with van der Waals surface area (Å²) in [6.07, 6.45) is 0. The zero-order valence-corrected chi connectivity index (χ0v) is 11.5. The Morgan fingerprint density at radius 2 is 1.88 bits per heavy atom. The van der Waals surface area contributed by atoms with E-state index in [4.69, 9.17) is 4.74 Å². The van der Waals surface area contributed by atoms with Crippen molar-refractivity contribution in [3.63, 3.8) is 0 Å². The Kier molecular flexibility index (Phi) is 3.78. The third-order valence-corrected chi connectivity index (χ3v) is 3.11. The second-order valence-corrected chi connectivity index (χ2v) is 4.79. The van der Waals surface area contributed by atoms with E-state index < -0.39 is 0 Å². The molecule has 0 unspecified atom stereocenters. The van der Waals surface area contributed by atoms with Crippen molar-refractivity contribution in [2.75, 3.05) is 7.11 Å². The number of para-hydroxylation sites is 1. The number of carbonyl (C=O) groups is 1. The van der Waals surface area contributed by atoms with Crippen molar-refractivity contribution in [3.8, 4) is 5.75 Å². The number of halogens is 1. The average molecular weight is 338 g/mol. The molecule has 2 nitrogen and oxygen atoms in total. The van der Waals surface area contributed by atoms with E-state index in [2.05, 4.69) is 22.6 Å². The number of methoxy groups -OCH3 is 1. The van der Waals surface area contributed by atoms with Crippen molar-refractivity contribution in [2.45, 2.75) is 0 Å². The van der Waals surface area contributed by atoms with Crippen LogP contribution in [0.3, 0.4) is 0 Å². The predicted octanol–water partition coefficient (Wildman–Crippen LogP) is 3.53. The molecule has 0 radical (unpaired) electrons. The van der Waals surface area contributed by atoms with Gasteiger partial charge in [-0.25, -0.2) is 0 Å². The molecule has 0 aromatic heterocycles. The van der Waals surface area contributed by atoms with Crippen molar-refractivity contribution in [3.05, 3.63) is 63.2 Å². The number of ketones is 1. The third-order valence-electron chi connectivity index (χ3n) is 2.44. The third kappa shape index (κ3) is 2.66. The average Bonchev–Trinajstić information content (AvgIpc) is 2.38. The molecule has 0 aliphatic rings. The van der Waals surface area contributed by atoms with Crippen LogP contribution in [0.5, 0.6) is 5.75 Å². The highest BCUT2D eigenvalue weighted by Crippen LogP contribution is 2.21. The maximum atomic E-state index is 12.3. The van der Waals surface area contributed by atoms with E-state index in [0.29, 0.717) is 16.9 Å². The topological polar surface area (TPSA) is 26.3 Å². The molecule has 0 amide bonds. The van der Waals surface area contributed by atoms with E-state index in [1.165, 1.54) is 0 Å². The van der Waals surface area contributed by atoms with Gasteiger partial charge in [0, 0.05) is 9.13 Å². The van der Waals surface area contributed by atoms with Crippen LogP contribution in [-0.4, -0.2) is 12.9 Å². The molecule has 2 aromatic rings. The highest BCUT2D eigenvalue weighted by Gasteiger charge is 2.13. The maximum Gasteiger partial charge on any atom is 0.196 e. The zero-order valence-electron chi connectivity index (χ0n) is 9.31. The fraction of sp³-hybridized carbons (Fsp3) is 0.0714. The lowest BCUT2D eigenvalue weighted by molar-refractivity contribution is 0.103. The summed E-state index contributed by atoms with van der Waals surface area (Å²) in [5.41, 5.74) is 1.28. The summed E-state index contributed by atoms with van der Waals surface area (Å²) in [6.45, 7) is 0. The summed E-state index contributed by atoms with van der Waals surface area (Å²) >= 11 is 2.19. The van der Waals surface area contributed by atoms with Gasteiger partial charge < -0.3 is 4.74 Å². The van der Waals surface area contributed by atoms with E-state index in [9.17, 15) is 4.79 Å². The molecule has 0 N–H and O–H groups in total. The molecule has 3 heteroatoms. The van der Waals surface area contributed by atoms with Crippen LogP contribution in [0.2, 0.25) is 0 Å². The molecule has 0 heterocycles. The minimum Gasteiger partial charge on any atom is -0.496 e. The van der Waals surface area contributed by atoms with Gasteiger partial charge >= 0.3 is 0 Å². The van der Waals surface area contributed by atoms with Gasteiger partial charge in [0.05, 0.1) is 12.7 Å². The SMILES string of the molecule is COc1ccccc1C(=O)c1cccc(I)c1. The number of benzene rings is 2. The summed E-state index contributed by atoms with van der Waals surface area (Å²) in [5, 5.41) is 0. The van der Waals surface area contributed by atoms with E-state index in [1.54, 1.807) is 19.2 Å². The lowest BCUT2D eigenvalue weighted by Gasteiger charge is -2.07. The van der Waals surface area contributed by atoms with Crippen LogP contribution in [0.4, 0.5) is 0 Å². The van der Waals surface area contributed by atoms with Crippen LogP contribution >= 0.6 is 22.6 Å². The standard InChI is InChI=1S/C14H11IO2/c1-17-13-8-3-2-7-12(13)14(16)10-5-4-6-11(15)9-10/h2-9H,1H3. The Balaban J connectivity index is 2.44. The smallest absolute Gasteiger partial charge is 0.196 e.